The summed E-state index contributed by atoms with van der Waals surface area (Å²) in [6.07, 6.45) is 6.94. The van der Waals surface area contributed by atoms with Crippen molar-refractivity contribution >= 4 is 5.78 Å². The number of carbonyl (C=O) groups excluding carboxylic acids is 1. The molecular weight excluding hydrogens is 242 g/mol. The van der Waals surface area contributed by atoms with E-state index in [0.29, 0.717) is 38.5 Å². The molecule has 2 rings (SSSR count). The molecule has 19 heavy (non-hydrogen) atoms. The molecule has 1 atom stereocenters. The van der Waals surface area contributed by atoms with Gasteiger partial charge in [0.25, 0.3) is 0 Å². The Balaban J connectivity index is 2.01. The van der Waals surface area contributed by atoms with E-state index in [4.69, 9.17) is 9.47 Å². The maximum Gasteiger partial charge on any atom is 0.157 e. The molecule has 2 heterocycles. The predicted octanol–water partition coefficient (Wildman–Crippen LogP) is 1.92. The van der Waals surface area contributed by atoms with Crippen LogP contribution in [0.4, 0.5) is 0 Å². The van der Waals surface area contributed by atoms with E-state index in [9.17, 15) is 4.79 Å². The minimum absolute atomic E-state index is 0.0972. The molecule has 0 aliphatic carbocycles. The first kappa shape index (κ1) is 14.4. The van der Waals surface area contributed by atoms with Crippen LogP contribution in [0.15, 0.2) is 25.3 Å². The second-order valence-electron chi connectivity index (χ2n) is 5.23. The van der Waals surface area contributed by atoms with Crippen molar-refractivity contribution in [3.8, 4) is 0 Å². The van der Waals surface area contributed by atoms with Gasteiger partial charge in [0.1, 0.15) is 5.78 Å². The summed E-state index contributed by atoms with van der Waals surface area (Å²) in [5.74, 6) is 0.299. The molecule has 0 spiro atoms. The molecule has 106 valence electrons. The van der Waals surface area contributed by atoms with Crippen molar-refractivity contribution in [3.63, 3.8) is 0 Å². The van der Waals surface area contributed by atoms with Crippen molar-refractivity contribution in [2.75, 3.05) is 26.3 Å². The van der Waals surface area contributed by atoms with Gasteiger partial charge in [-0.3, -0.25) is 9.69 Å². The summed E-state index contributed by atoms with van der Waals surface area (Å²) in [5, 5.41) is 0. The molecule has 2 saturated heterocycles. The zero-order valence-electron chi connectivity index (χ0n) is 11.5. The highest BCUT2D eigenvalue weighted by Crippen LogP contribution is 2.33. The molecule has 0 bridgehead atoms. The molecule has 4 heteroatoms. The number of rotatable bonds is 6. The highest BCUT2D eigenvalue weighted by atomic mass is 16.7. The fourth-order valence-corrected chi connectivity index (χ4v) is 2.92. The Hall–Kier alpha value is -0.970. The maximum atomic E-state index is 11.7. The lowest BCUT2D eigenvalue weighted by molar-refractivity contribution is -0.125. The number of likely N-dealkylation sites (tertiary alicyclic amines) is 1. The number of hydrogen-bond donors (Lipinski definition) is 0. The normalized spacial score (nSPS) is 29.6. The van der Waals surface area contributed by atoms with E-state index in [1.54, 1.807) is 0 Å². The van der Waals surface area contributed by atoms with Crippen LogP contribution in [0.5, 0.6) is 0 Å². The fraction of sp³-hybridized carbons (Fsp3) is 0.667. The molecule has 0 radical (unpaired) electrons. The molecule has 2 fully saturated rings. The monoisotopic (exact) mass is 265 g/mol. The van der Waals surface area contributed by atoms with Crippen molar-refractivity contribution in [2.45, 2.75) is 37.5 Å². The highest BCUT2D eigenvalue weighted by molar-refractivity contribution is 5.81. The lowest BCUT2D eigenvalue weighted by Crippen LogP contribution is -2.53. The first-order valence-electron chi connectivity index (χ1n) is 6.94. The zero-order valence-corrected chi connectivity index (χ0v) is 11.5. The maximum absolute atomic E-state index is 11.7. The molecule has 0 unspecified atom stereocenters. The van der Waals surface area contributed by atoms with Crippen molar-refractivity contribution in [3.05, 3.63) is 25.3 Å². The van der Waals surface area contributed by atoms with Crippen molar-refractivity contribution in [2.24, 2.45) is 0 Å². The summed E-state index contributed by atoms with van der Waals surface area (Å²) in [5.41, 5.74) is -0.128. The van der Waals surface area contributed by atoms with Crippen LogP contribution < -0.4 is 0 Å². The largest absolute Gasteiger partial charge is 0.350 e. The van der Waals surface area contributed by atoms with E-state index < -0.39 is 0 Å². The third-order valence-electron chi connectivity index (χ3n) is 4.07. The number of hydrogen-bond acceptors (Lipinski definition) is 4. The van der Waals surface area contributed by atoms with Crippen LogP contribution in [0.25, 0.3) is 0 Å². The van der Waals surface area contributed by atoms with Gasteiger partial charge in [-0.05, 0) is 12.8 Å². The zero-order chi connectivity index (χ0) is 13.7. The Morgan fingerprint density at radius 2 is 2.11 bits per heavy atom. The minimum Gasteiger partial charge on any atom is -0.350 e. The Morgan fingerprint density at radius 1 is 1.37 bits per heavy atom. The summed E-state index contributed by atoms with van der Waals surface area (Å²) < 4.78 is 11.0. The number of ether oxygens (including phenoxy) is 2. The molecule has 0 aromatic heterocycles. The minimum atomic E-state index is -0.128. The topological polar surface area (TPSA) is 38.8 Å². The molecule has 4 nitrogen and oxygen atoms in total. The Morgan fingerprint density at radius 3 is 2.74 bits per heavy atom. The molecule has 0 aromatic carbocycles. The summed E-state index contributed by atoms with van der Waals surface area (Å²) in [6, 6.07) is 0. The van der Waals surface area contributed by atoms with Gasteiger partial charge in [0.15, 0.2) is 6.29 Å². The van der Waals surface area contributed by atoms with Crippen LogP contribution in [0.1, 0.15) is 25.7 Å². The second kappa shape index (κ2) is 6.46. The predicted molar refractivity (Wildman–Crippen MR) is 73.9 cm³/mol. The molecule has 0 amide bonds. The van der Waals surface area contributed by atoms with Gasteiger partial charge < -0.3 is 9.47 Å². The molecule has 2 aliphatic heterocycles. The average molecular weight is 265 g/mol. The van der Waals surface area contributed by atoms with Crippen molar-refractivity contribution < 1.29 is 14.3 Å². The number of nitrogens with zero attached hydrogens (tertiary/aromatic N) is 1. The molecule has 0 saturated carbocycles. The standard InChI is InChI=1S/C15H23NO3/c1-3-9-16-12-13(17)5-7-15(16,4-2)8-6-14-18-10-11-19-14/h3-4,14H,1-2,5-12H2/t15-/m1/s1. The molecule has 0 aromatic rings. The Kier molecular flexibility index (Phi) is 4.91. The number of ketones is 1. The second-order valence-corrected chi connectivity index (χ2v) is 5.23. The first-order chi connectivity index (χ1) is 9.20. The van der Waals surface area contributed by atoms with Crippen LogP contribution in [0, 0.1) is 0 Å². The van der Waals surface area contributed by atoms with Gasteiger partial charge in [0, 0.05) is 24.9 Å². The van der Waals surface area contributed by atoms with Gasteiger partial charge in [0.2, 0.25) is 0 Å². The summed E-state index contributed by atoms with van der Waals surface area (Å²) in [7, 11) is 0. The number of Topliss-reactive ketones (excluding diaryl/α,β-unsaturated/α-hetero) is 1. The lowest BCUT2D eigenvalue weighted by atomic mass is 9.82. The summed E-state index contributed by atoms with van der Waals surface area (Å²) in [6.45, 7) is 10.3. The lowest BCUT2D eigenvalue weighted by Gasteiger charge is -2.45. The van der Waals surface area contributed by atoms with Crippen molar-refractivity contribution in [1.29, 1.82) is 0 Å². The van der Waals surface area contributed by atoms with Crippen LogP contribution in [-0.2, 0) is 14.3 Å². The SMILES string of the molecule is C=CCN1CC(=O)CC[C@]1(C=C)CCC1OCCO1. The number of carbonyl (C=O) groups is 1. The van der Waals surface area contributed by atoms with E-state index in [1.807, 2.05) is 12.2 Å². The van der Waals surface area contributed by atoms with Crippen LogP contribution in [0.2, 0.25) is 0 Å². The third-order valence-corrected chi connectivity index (χ3v) is 4.07. The van der Waals surface area contributed by atoms with Crippen LogP contribution >= 0.6 is 0 Å². The van der Waals surface area contributed by atoms with E-state index in [-0.39, 0.29) is 11.8 Å². The van der Waals surface area contributed by atoms with Gasteiger partial charge in [-0.2, -0.15) is 0 Å². The summed E-state index contributed by atoms with van der Waals surface area (Å²) in [4.78, 5) is 13.8. The van der Waals surface area contributed by atoms with E-state index in [1.165, 1.54) is 0 Å². The van der Waals surface area contributed by atoms with Gasteiger partial charge in [-0.25, -0.2) is 0 Å². The molecule has 0 N–H and O–H groups in total. The van der Waals surface area contributed by atoms with Crippen LogP contribution in [-0.4, -0.2) is 48.8 Å². The van der Waals surface area contributed by atoms with E-state index in [0.717, 1.165) is 19.3 Å². The van der Waals surface area contributed by atoms with E-state index >= 15 is 0 Å². The molecular formula is C15H23NO3. The first-order valence-corrected chi connectivity index (χ1v) is 6.94. The van der Waals surface area contributed by atoms with Crippen molar-refractivity contribution in [1.82, 2.24) is 4.90 Å². The smallest absolute Gasteiger partial charge is 0.157 e. The quantitative estimate of drug-likeness (QED) is 0.688. The molecule has 2 aliphatic rings. The van der Waals surface area contributed by atoms with Crippen LogP contribution in [0.3, 0.4) is 0 Å². The third kappa shape index (κ3) is 3.32. The fourth-order valence-electron chi connectivity index (χ4n) is 2.92. The Bertz CT molecular complexity index is 349. The van der Waals surface area contributed by atoms with Gasteiger partial charge in [0.05, 0.1) is 19.8 Å². The van der Waals surface area contributed by atoms with Gasteiger partial charge in [-0.1, -0.05) is 12.2 Å². The van der Waals surface area contributed by atoms with E-state index in [2.05, 4.69) is 18.1 Å². The average Bonchev–Trinajstić information content (AvgIpc) is 2.92. The van der Waals surface area contributed by atoms with Gasteiger partial charge in [-0.15, -0.1) is 13.2 Å². The highest BCUT2D eigenvalue weighted by Gasteiger charge is 2.38. The Labute approximate surface area is 115 Å². The summed E-state index contributed by atoms with van der Waals surface area (Å²) >= 11 is 0. The van der Waals surface area contributed by atoms with Gasteiger partial charge >= 0.3 is 0 Å². The number of piperidine rings is 1.